The summed E-state index contributed by atoms with van der Waals surface area (Å²) in [6.07, 6.45) is 12.3. The Morgan fingerprint density at radius 3 is 2.64 bits per heavy atom. The van der Waals surface area contributed by atoms with E-state index in [1.807, 2.05) is 12.1 Å². The maximum Gasteiger partial charge on any atom is 0.348 e. The Labute approximate surface area is 264 Å². The third-order valence-electron chi connectivity index (χ3n) is 9.13. The number of carbonyl (C=O) groups excluding carboxylic acids is 2. The number of hydrogen-bond donors (Lipinski definition) is 0. The van der Waals surface area contributed by atoms with Gasteiger partial charge in [-0.2, -0.15) is 0 Å². The molecule has 0 spiro atoms. The van der Waals surface area contributed by atoms with Gasteiger partial charge in [-0.15, -0.1) is 22.9 Å². The highest BCUT2D eigenvalue weighted by molar-refractivity contribution is 7.13. The number of ether oxygens (including phenoxy) is 3. The van der Waals surface area contributed by atoms with Crippen LogP contribution in [0, 0.1) is 11.8 Å². The first-order valence-electron chi connectivity index (χ1n) is 15.8. The summed E-state index contributed by atoms with van der Waals surface area (Å²) in [6.45, 7) is 14.1. The number of rotatable bonds is 15. The second kappa shape index (κ2) is 16.3. The number of ketones is 1. The minimum absolute atomic E-state index is 0.0351. The SMILES string of the molecule is CCCC(CC(=O)C=C[C@H]1[C@@H](CCCc2ccc(C(=O)OC)s2)[C@@H](Cl)C[C@H]1OC1CCCCO1)O[Si](C)(C)C(C)(C)C. The van der Waals surface area contributed by atoms with Gasteiger partial charge in [0.05, 0.1) is 19.3 Å². The van der Waals surface area contributed by atoms with Crippen LogP contribution in [0.5, 0.6) is 0 Å². The summed E-state index contributed by atoms with van der Waals surface area (Å²) in [6, 6.07) is 3.84. The number of thiophene rings is 1. The van der Waals surface area contributed by atoms with Crippen LogP contribution in [0.15, 0.2) is 24.3 Å². The van der Waals surface area contributed by atoms with Crippen molar-refractivity contribution in [2.45, 2.75) is 134 Å². The fourth-order valence-corrected chi connectivity index (χ4v) is 8.56. The molecule has 2 unspecified atom stereocenters. The summed E-state index contributed by atoms with van der Waals surface area (Å²) in [5.41, 5.74) is 0. The highest BCUT2D eigenvalue weighted by Crippen LogP contribution is 2.43. The van der Waals surface area contributed by atoms with E-state index >= 15 is 0 Å². The van der Waals surface area contributed by atoms with E-state index in [0.717, 1.165) is 69.3 Å². The molecule has 1 saturated carbocycles. The van der Waals surface area contributed by atoms with E-state index in [9.17, 15) is 9.59 Å². The molecule has 6 atom stereocenters. The molecule has 1 saturated heterocycles. The van der Waals surface area contributed by atoms with Gasteiger partial charge in [-0.05, 0) is 93.6 Å². The molecule has 0 aromatic carbocycles. The minimum atomic E-state index is -1.98. The third-order valence-corrected chi connectivity index (χ3v) is 15.3. The molecule has 1 aliphatic carbocycles. The number of carbonyl (C=O) groups is 2. The highest BCUT2D eigenvalue weighted by Gasteiger charge is 2.43. The number of aryl methyl sites for hydroxylation is 1. The molecular formula is C33H53ClO6SSi. The van der Waals surface area contributed by atoms with Crippen LogP contribution >= 0.6 is 22.9 Å². The van der Waals surface area contributed by atoms with E-state index in [4.69, 9.17) is 30.2 Å². The van der Waals surface area contributed by atoms with Crippen LogP contribution in [-0.2, 0) is 29.9 Å². The fraction of sp³-hybridized carbons (Fsp3) is 0.758. The van der Waals surface area contributed by atoms with Gasteiger partial charge in [0.2, 0.25) is 0 Å². The van der Waals surface area contributed by atoms with Crippen molar-refractivity contribution in [2.24, 2.45) is 11.8 Å². The van der Waals surface area contributed by atoms with Crippen LogP contribution in [0.4, 0.5) is 0 Å². The molecule has 6 nitrogen and oxygen atoms in total. The van der Waals surface area contributed by atoms with Crippen molar-refractivity contribution >= 4 is 43.0 Å². The summed E-state index contributed by atoms with van der Waals surface area (Å²) in [7, 11) is -0.574. The largest absolute Gasteiger partial charge is 0.465 e. The van der Waals surface area contributed by atoms with Crippen LogP contribution in [0.25, 0.3) is 0 Å². The predicted octanol–water partition coefficient (Wildman–Crippen LogP) is 8.72. The number of allylic oxidation sites excluding steroid dienone is 1. The number of halogens is 1. The lowest BCUT2D eigenvalue weighted by atomic mass is 9.89. The fourth-order valence-electron chi connectivity index (χ4n) is 5.73. The zero-order valence-corrected chi connectivity index (χ0v) is 29.4. The molecule has 2 aliphatic rings. The van der Waals surface area contributed by atoms with Crippen LogP contribution < -0.4 is 0 Å². The molecule has 2 fully saturated rings. The molecule has 0 N–H and O–H groups in total. The molecule has 0 bridgehead atoms. The smallest absolute Gasteiger partial charge is 0.348 e. The van der Waals surface area contributed by atoms with E-state index in [2.05, 4.69) is 46.9 Å². The van der Waals surface area contributed by atoms with Crippen molar-refractivity contribution in [3.05, 3.63) is 34.0 Å². The van der Waals surface area contributed by atoms with Gasteiger partial charge >= 0.3 is 5.97 Å². The van der Waals surface area contributed by atoms with Crippen LogP contribution in [0.2, 0.25) is 18.1 Å². The molecule has 1 aliphatic heterocycles. The van der Waals surface area contributed by atoms with Crippen LogP contribution in [-0.4, -0.2) is 57.7 Å². The summed E-state index contributed by atoms with van der Waals surface area (Å²) in [4.78, 5) is 26.9. The predicted molar refractivity (Wildman–Crippen MR) is 174 cm³/mol. The Morgan fingerprint density at radius 1 is 1.24 bits per heavy atom. The van der Waals surface area contributed by atoms with Gasteiger partial charge in [-0.1, -0.05) is 40.2 Å². The number of esters is 1. The maximum atomic E-state index is 13.3. The molecular weight excluding hydrogens is 588 g/mol. The lowest BCUT2D eigenvalue weighted by molar-refractivity contribution is -0.192. The van der Waals surface area contributed by atoms with E-state index in [1.165, 1.54) is 18.4 Å². The van der Waals surface area contributed by atoms with Crippen molar-refractivity contribution < 1.29 is 28.2 Å². The summed E-state index contributed by atoms with van der Waals surface area (Å²) >= 11 is 8.46. The van der Waals surface area contributed by atoms with Gasteiger partial charge in [-0.3, -0.25) is 4.79 Å². The van der Waals surface area contributed by atoms with Crippen LogP contribution in [0.1, 0.15) is 100 Å². The molecule has 1 aromatic rings. The van der Waals surface area contributed by atoms with Gasteiger partial charge < -0.3 is 18.6 Å². The van der Waals surface area contributed by atoms with Gasteiger partial charge in [0.15, 0.2) is 20.4 Å². The monoisotopic (exact) mass is 640 g/mol. The number of alkyl halides is 1. The molecule has 42 heavy (non-hydrogen) atoms. The number of hydrogen-bond acceptors (Lipinski definition) is 7. The van der Waals surface area contributed by atoms with E-state index in [-0.39, 0.29) is 52.5 Å². The molecule has 238 valence electrons. The molecule has 3 rings (SSSR count). The topological polar surface area (TPSA) is 71.1 Å². The van der Waals surface area contributed by atoms with E-state index in [0.29, 0.717) is 11.3 Å². The summed E-state index contributed by atoms with van der Waals surface area (Å²) in [5.74, 6) is 0.0465. The van der Waals surface area contributed by atoms with Crippen molar-refractivity contribution in [3.63, 3.8) is 0 Å². The zero-order valence-electron chi connectivity index (χ0n) is 26.8. The first-order valence-corrected chi connectivity index (χ1v) is 20.0. The first-order chi connectivity index (χ1) is 19.8. The van der Waals surface area contributed by atoms with Crippen molar-refractivity contribution in [3.8, 4) is 0 Å². The summed E-state index contributed by atoms with van der Waals surface area (Å²) < 4.78 is 23.9. The molecule has 2 heterocycles. The normalized spacial score (nSPS) is 26.0. The number of methoxy groups -OCH3 is 1. The van der Waals surface area contributed by atoms with Gasteiger partial charge in [0.25, 0.3) is 0 Å². The maximum absolute atomic E-state index is 13.3. The highest BCUT2D eigenvalue weighted by atomic mass is 35.5. The van der Waals surface area contributed by atoms with E-state index < -0.39 is 8.32 Å². The Hall–Kier alpha value is -1.03. The van der Waals surface area contributed by atoms with Gasteiger partial charge in [0.1, 0.15) is 4.88 Å². The molecule has 1 aromatic heterocycles. The quantitative estimate of drug-likeness (QED) is 0.0826. The average molecular weight is 641 g/mol. The van der Waals surface area contributed by atoms with E-state index in [1.54, 1.807) is 6.08 Å². The second-order valence-electron chi connectivity index (χ2n) is 13.4. The van der Waals surface area contributed by atoms with Crippen molar-refractivity contribution in [1.82, 2.24) is 0 Å². The molecule has 0 radical (unpaired) electrons. The minimum Gasteiger partial charge on any atom is -0.465 e. The lowest BCUT2D eigenvalue weighted by Gasteiger charge is -2.39. The zero-order chi connectivity index (χ0) is 30.9. The van der Waals surface area contributed by atoms with Crippen molar-refractivity contribution in [2.75, 3.05) is 13.7 Å². The first kappa shape index (κ1) is 35.4. The standard InChI is InChI=1S/C33H53ClO6SSi/c1-8-12-24(40-42(6,7)33(2,3)4)21-23(35)16-18-27-26(14-11-13-25-17-19-30(41-25)32(36)37-5)28(34)22-29(27)39-31-15-9-10-20-38-31/h16-19,24,26-29,31H,8-15,20-22H2,1-7H3/t24?,26-,27+,28+,29-,31?/m1/s1. The lowest BCUT2D eigenvalue weighted by Crippen LogP contribution is -2.44. The Kier molecular flexibility index (Phi) is 13.8. The molecule has 9 heteroatoms. The Balaban J connectivity index is 1.68. The van der Waals surface area contributed by atoms with Crippen molar-refractivity contribution in [1.29, 1.82) is 0 Å². The average Bonchev–Trinajstić information content (AvgIpc) is 3.51. The Bertz CT molecular complexity index is 1030. The summed E-state index contributed by atoms with van der Waals surface area (Å²) in [5, 5.41) is 0.0621. The Morgan fingerprint density at radius 2 is 2.00 bits per heavy atom. The van der Waals surface area contributed by atoms with Gasteiger partial charge in [-0.25, -0.2) is 4.79 Å². The van der Waals surface area contributed by atoms with Gasteiger partial charge in [0, 0.05) is 29.2 Å². The third kappa shape index (κ3) is 10.3. The molecule has 0 amide bonds. The second-order valence-corrected chi connectivity index (χ2v) is 19.9. The van der Waals surface area contributed by atoms with Crippen LogP contribution in [0.3, 0.4) is 0 Å².